The van der Waals surface area contributed by atoms with E-state index in [1.54, 1.807) is 4.90 Å². The fourth-order valence-electron chi connectivity index (χ4n) is 4.51. The molecular weight excluding hydrogens is 356 g/mol. The maximum Gasteiger partial charge on any atom is 0.255 e. The first-order chi connectivity index (χ1) is 13.5. The van der Waals surface area contributed by atoms with Crippen LogP contribution in [0.3, 0.4) is 0 Å². The molecule has 1 aliphatic carbocycles. The van der Waals surface area contributed by atoms with Gasteiger partial charge in [0.1, 0.15) is 6.04 Å². The number of hydrogen-bond donors (Lipinski definition) is 2. The van der Waals surface area contributed by atoms with E-state index in [-0.39, 0.29) is 24.1 Å². The number of fused-ring (bicyclic) bond motifs is 1. The Labute approximate surface area is 164 Å². The minimum atomic E-state index is -0.573. The Morgan fingerprint density at radius 1 is 1.18 bits per heavy atom. The molecule has 0 radical (unpaired) electrons. The van der Waals surface area contributed by atoms with E-state index in [1.807, 2.05) is 19.2 Å². The molecular formula is C21H26N4O3. The highest BCUT2D eigenvalue weighted by Gasteiger charge is 2.39. The number of carbonyl (C=O) groups is 3. The number of piperidine rings is 1. The van der Waals surface area contributed by atoms with Gasteiger partial charge in [-0.05, 0) is 50.1 Å². The van der Waals surface area contributed by atoms with Crippen LogP contribution in [0.4, 0.5) is 5.69 Å². The fraction of sp³-hybridized carbons (Fsp3) is 0.476. The van der Waals surface area contributed by atoms with Crippen LogP contribution in [0.2, 0.25) is 0 Å². The average molecular weight is 382 g/mol. The van der Waals surface area contributed by atoms with Gasteiger partial charge in [0.15, 0.2) is 0 Å². The molecule has 28 heavy (non-hydrogen) atoms. The smallest absolute Gasteiger partial charge is 0.255 e. The van der Waals surface area contributed by atoms with Crippen LogP contribution in [-0.4, -0.2) is 54.8 Å². The summed E-state index contributed by atoms with van der Waals surface area (Å²) in [7, 11) is 4.08. The molecule has 2 aliphatic heterocycles. The zero-order valence-electron chi connectivity index (χ0n) is 16.3. The molecule has 0 spiro atoms. The maximum absolute atomic E-state index is 12.8. The van der Waals surface area contributed by atoms with Gasteiger partial charge in [0.25, 0.3) is 5.91 Å². The first-order valence-electron chi connectivity index (χ1n) is 9.82. The Bertz CT molecular complexity index is 850. The third-order valence-corrected chi connectivity index (χ3v) is 6.18. The number of rotatable bonds is 4. The van der Waals surface area contributed by atoms with Crippen molar-refractivity contribution < 1.29 is 14.4 Å². The lowest BCUT2D eigenvalue weighted by molar-refractivity contribution is -0.136. The molecule has 2 N–H and O–H groups in total. The van der Waals surface area contributed by atoms with Crippen LogP contribution in [-0.2, 0) is 16.1 Å². The van der Waals surface area contributed by atoms with Crippen molar-refractivity contribution in [1.82, 2.24) is 15.5 Å². The number of nitrogens with zero attached hydrogens (tertiary/aromatic N) is 2. The van der Waals surface area contributed by atoms with Crippen molar-refractivity contribution in [3.63, 3.8) is 0 Å². The molecule has 4 rings (SSSR count). The van der Waals surface area contributed by atoms with Crippen molar-refractivity contribution in [3.8, 4) is 0 Å². The molecule has 1 unspecified atom stereocenters. The second-order valence-electron chi connectivity index (χ2n) is 7.76. The van der Waals surface area contributed by atoms with E-state index in [9.17, 15) is 14.4 Å². The molecule has 1 aromatic carbocycles. The summed E-state index contributed by atoms with van der Waals surface area (Å²) in [5, 5.41) is 5.74. The molecule has 3 aliphatic rings. The van der Waals surface area contributed by atoms with E-state index in [0.29, 0.717) is 30.6 Å². The van der Waals surface area contributed by atoms with Gasteiger partial charge in [0.2, 0.25) is 11.8 Å². The topological polar surface area (TPSA) is 81.8 Å². The third kappa shape index (κ3) is 3.20. The van der Waals surface area contributed by atoms with Gasteiger partial charge in [-0.3, -0.25) is 19.7 Å². The zero-order valence-corrected chi connectivity index (χ0v) is 16.3. The number of benzene rings is 1. The highest BCUT2D eigenvalue weighted by atomic mass is 16.2. The van der Waals surface area contributed by atoms with E-state index in [4.69, 9.17) is 0 Å². The molecule has 0 saturated carbocycles. The highest BCUT2D eigenvalue weighted by Crippen LogP contribution is 2.32. The lowest BCUT2D eigenvalue weighted by Gasteiger charge is -2.37. The molecule has 1 fully saturated rings. The van der Waals surface area contributed by atoms with E-state index >= 15 is 0 Å². The van der Waals surface area contributed by atoms with Gasteiger partial charge < -0.3 is 15.1 Å². The number of imide groups is 1. The molecule has 0 aromatic heterocycles. The highest BCUT2D eigenvalue weighted by molar-refractivity contribution is 6.05. The van der Waals surface area contributed by atoms with Crippen molar-refractivity contribution in [1.29, 1.82) is 0 Å². The summed E-state index contributed by atoms with van der Waals surface area (Å²) in [5.41, 5.74) is 2.65. The molecule has 7 nitrogen and oxygen atoms in total. The molecule has 3 atom stereocenters. The van der Waals surface area contributed by atoms with E-state index in [1.165, 1.54) is 0 Å². The van der Waals surface area contributed by atoms with Gasteiger partial charge in [0.05, 0.1) is 0 Å². The first-order valence-corrected chi connectivity index (χ1v) is 9.82. The van der Waals surface area contributed by atoms with E-state index < -0.39 is 6.04 Å². The lowest BCUT2D eigenvalue weighted by atomic mass is 9.94. The van der Waals surface area contributed by atoms with Crippen LogP contribution in [0.5, 0.6) is 0 Å². The van der Waals surface area contributed by atoms with Gasteiger partial charge in [-0.25, -0.2) is 0 Å². The number of amides is 3. The van der Waals surface area contributed by atoms with Crippen LogP contribution in [0.15, 0.2) is 30.4 Å². The van der Waals surface area contributed by atoms with Gasteiger partial charge >= 0.3 is 0 Å². The quantitative estimate of drug-likeness (QED) is 0.604. The summed E-state index contributed by atoms with van der Waals surface area (Å²) < 4.78 is 0. The zero-order chi connectivity index (χ0) is 19.8. The predicted octanol–water partition coefficient (Wildman–Crippen LogP) is 1.19. The Hall–Kier alpha value is -2.67. The number of likely N-dealkylation sites (N-methyl/N-ethyl adjacent to an activating group) is 2. The molecule has 1 saturated heterocycles. The molecule has 3 amide bonds. The molecule has 2 heterocycles. The van der Waals surface area contributed by atoms with Crippen LogP contribution in [0.25, 0.3) is 0 Å². The lowest BCUT2D eigenvalue weighted by Crippen LogP contribution is -2.52. The fourth-order valence-corrected chi connectivity index (χ4v) is 4.51. The minimum Gasteiger partial charge on any atom is -0.370 e. The van der Waals surface area contributed by atoms with Crippen molar-refractivity contribution in [3.05, 3.63) is 41.5 Å². The number of anilines is 1. The SMILES string of the molecule is CN[C@@H]1CC=CC[C@H]1N(C)c1ccc2c(c1)CN(C1CCC(=O)NC1=O)C2=O. The Morgan fingerprint density at radius 3 is 2.71 bits per heavy atom. The number of hydrogen-bond acceptors (Lipinski definition) is 5. The van der Waals surface area contributed by atoms with Gasteiger partial charge in [0, 0.05) is 43.3 Å². The van der Waals surface area contributed by atoms with Crippen LogP contribution in [0, 0.1) is 0 Å². The molecule has 148 valence electrons. The van der Waals surface area contributed by atoms with Crippen molar-refractivity contribution in [2.45, 2.75) is 50.4 Å². The normalized spacial score (nSPS) is 27.0. The van der Waals surface area contributed by atoms with Crippen molar-refractivity contribution in [2.24, 2.45) is 0 Å². The second kappa shape index (κ2) is 7.39. The van der Waals surface area contributed by atoms with Crippen LogP contribution < -0.4 is 15.5 Å². The van der Waals surface area contributed by atoms with Crippen LogP contribution in [0.1, 0.15) is 41.6 Å². The average Bonchev–Trinajstić information content (AvgIpc) is 3.03. The summed E-state index contributed by atoms with van der Waals surface area (Å²) >= 11 is 0. The summed E-state index contributed by atoms with van der Waals surface area (Å²) in [6.45, 7) is 0.405. The van der Waals surface area contributed by atoms with Gasteiger partial charge in [-0.1, -0.05) is 12.2 Å². The summed E-state index contributed by atoms with van der Waals surface area (Å²) in [5.74, 6) is -0.775. The van der Waals surface area contributed by atoms with Crippen molar-refractivity contribution >= 4 is 23.4 Å². The van der Waals surface area contributed by atoms with Gasteiger partial charge in [-0.15, -0.1) is 0 Å². The maximum atomic E-state index is 12.8. The molecule has 7 heteroatoms. The van der Waals surface area contributed by atoms with Crippen LogP contribution >= 0.6 is 0 Å². The Balaban J connectivity index is 1.54. The predicted molar refractivity (Wildman–Crippen MR) is 106 cm³/mol. The van der Waals surface area contributed by atoms with E-state index in [0.717, 1.165) is 24.1 Å². The first kappa shape index (κ1) is 18.7. The largest absolute Gasteiger partial charge is 0.370 e. The minimum absolute atomic E-state index is 0.132. The molecule has 0 bridgehead atoms. The summed E-state index contributed by atoms with van der Waals surface area (Å²) in [6.07, 6.45) is 7.06. The monoisotopic (exact) mass is 382 g/mol. The number of nitrogens with one attached hydrogen (secondary N) is 2. The Morgan fingerprint density at radius 2 is 1.96 bits per heavy atom. The third-order valence-electron chi connectivity index (χ3n) is 6.18. The second-order valence-corrected chi connectivity index (χ2v) is 7.76. The van der Waals surface area contributed by atoms with Gasteiger partial charge in [-0.2, -0.15) is 0 Å². The van der Waals surface area contributed by atoms with E-state index in [2.05, 4.69) is 40.8 Å². The molecule has 1 aromatic rings. The summed E-state index contributed by atoms with van der Waals surface area (Å²) in [6, 6.07) is 6.06. The summed E-state index contributed by atoms with van der Waals surface area (Å²) in [4.78, 5) is 40.3. The number of carbonyl (C=O) groups excluding carboxylic acids is 3. The standard InChI is InChI=1S/C21H26N4O3/c1-22-16-5-3-4-6-17(16)24(2)14-7-8-15-13(11-14)12-25(21(15)28)18-9-10-19(26)23-20(18)27/h3-4,7-8,11,16-18,22H,5-6,9-10,12H2,1-2H3,(H,23,26,27)/t16-,17-,18?/m1/s1. The Kier molecular flexibility index (Phi) is 4.93. The van der Waals surface area contributed by atoms with Crippen molar-refractivity contribution in [2.75, 3.05) is 19.0 Å².